The number of carbonyl (C=O) groups excluding carboxylic acids is 1. The Hall–Kier alpha value is -1.16. The number of nitrogens with one attached hydrogen (secondary N) is 1. The third kappa shape index (κ3) is 4.66. The third-order valence-corrected chi connectivity index (χ3v) is 5.67. The monoisotopic (exact) mass is 464 g/mol. The van der Waals surface area contributed by atoms with Gasteiger partial charge in [0.25, 0.3) is 5.91 Å². The highest BCUT2D eigenvalue weighted by atomic mass is 127. The van der Waals surface area contributed by atoms with Gasteiger partial charge in [-0.1, -0.05) is 23.7 Å². The van der Waals surface area contributed by atoms with Crippen LogP contribution in [0.3, 0.4) is 0 Å². The highest BCUT2D eigenvalue weighted by Crippen LogP contribution is 2.21. The van der Waals surface area contributed by atoms with Gasteiger partial charge in [0.15, 0.2) is 0 Å². The highest BCUT2D eigenvalue weighted by molar-refractivity contribution is 14.1. The molecule has 0 aliphatic heterocycles. The summed E-state index contributed by atoms with van der Waals surface area (Å²) in [7, 11) is -3.78. The molecule has 5 nitrogen and oxygen atoms in total. The third-order valence-electron chi connectivity index (χ3n) is 3.22. The molecule has 8 heteroatoms. The lowest BCUT2D eigenvalue weighted by Crippen LogP contribution is -2.27. The van der Waals surface area contributed by atoms with Crippen molar-refractivity contribution in [1.82, 2.24) is 5.32 Å². The smallest absolute Gasteiger partial charge is 0.251 e. The van der Waals surface area contributed by atoms with Gasteiger partial charge in [0.05, 0.1) is 16.0 Å². The zero-order valence-corrected chi connectivity index (χ0v) is 15.8. The fourth-order valence-electron chi connectivity index (χ4n) is 1.96. The Labute approximate surface area is 153 Å². The van der Waals surface area contributed by atoms with Gasteiger partial charge in [-0.2, -0.15) is 0 Å². The molecule has 0 aromatic heterocycles. The number of hydrogen-bond donors (Lipinski definition) is 2. The molecular formula is C15H14ClIN2O3S. The Morgan fingerprint density at radius 3 is 2.57 bits per heavy atom. The Bertz CT molecular complexity index is 856. The zero-order chi connectivity index (χ0) is 17.2. The van der Waals surface area contributed by atoms with Crippen molar-refractivity contribution in [3.63, 3.8) is 0 Å². The van der Waals surface area contributed by atoms with Crippen LogP contribution >= 0.6 is 34.2 Å². The minimum absolute atomic E-state index is 0.0112. The summed E-state index contributed by atoms with van der Waals surface area (Å²) < 4.78 is 23.6. The molecule has 0 saturated carbocycles. The fourth-order valence-corrected chi connectivity index (χ4v) is 3.16. The first-order valence-corrected chi connectivity index (χ1v) is 9.57. The van der Waals surface area contributed by atoms with Crippen LogP contribution in [-0.4, -0.2) is 14.3 Å². The van der Waals surface area contributed by atoms with Gasteiger partial charge >= 0.3 is 0 Å². The number of carbonyl (C=O) groups is 1. The van der Waals surface area contributed by atoms with Gasteiger partial charge in [-0.3, -0.25) is 4.79 Å². The molecule has 122 valence electrons. The molecule has 2 aromatic carbocycles. The molecule has 2 aromatic rings. The number of primary sulfonamides is 1. The minimum Gasteiger partial charge on any atom is -0.346 e. The first-order chi connectivity index (χ1) is 10.7. The molecule has 0 spiro atoms. The highest BCUT2D eigenvalue weighted by Gasteiger charge is 2.15. The molecule has 0 heterocycles. The Morgan fingerprint density at radius 1 is 1.26 bits per heavy atom. The molecule has 0 aliphatic carbocycles. The number of nitrogens with two attached hydrogens (primary N) is 1. The predicted octanol–water partition coefficient (Wildman–Crippen LogP) is 3.08. The molecule has 0 radical (unpaired) electrons. The standard InChI is InChI=1S/C15H14ClIN2O3S/c1-9(10-3-2-4-12(7-10)23(18,21)22)19-15(20)11-5-6-13(16)14(17)8-11/h2-9H,1H3,(H,19,20)(H2,18,21,22). The van der Waals surface area contributed by atoms with Crippen LogP contribution in [0.2, 0.25) is 5.02 Å². The molecule has 3 N–H and O–H groups in total. The summed E-state index contributed by atoms with van der Waals surface area (Å²) in [6.07, 6.45) is 0. The van der Waals surface area contributed by atoms with E-state index < -0.39 is 10.0 Å². The van der Waals surface area contributed by atoms with Gasteiger partial charge in [0.2, 0.25) is 10.0 Å². The van der Waals surface area contributed by atoms with E-state index in [4.69, 9.17) is 16.7 Å². The van der Waals surface area contributed by atoms with E-state index >= 15 is 0 Å². The maximum Gasteiger partial charge on any atom is 0.251 e. The first kappa shape index (κ1) is 18.2. The number of rotatable bonds is 4. The molecule has 0 bridgehead atoms. The summed E-state index contributed by atoms with van der Waals surface area (Å²) in [6.45, 7) is 1.76. The van der Waals surface area contributed by atoms with Crippen LogP contribution < -0.4 is 10.5 Å². The van der Waals surface area contributed by atoms with E-state index in [1.165, 1.54) is 12.1 Å². The van der Waals surface area contributed by atoms with Crippen molar-refractivity contribution in [2.24, 2.45) is 5.14 Å². The van der Waals surface area contributed by atoms with Crippen LogP contribution in [-0.2, 0) is 10.0 Å². The van der Waals surface area contributed by atoms with Crippen LogP contribution in [0.15, 0.2) is 47.4 Å². The topological polar surface area (TPSA) is 89.3 Å². The van der Waals surface area contributed by atoms with Gasteiger partial charge in [0, 0.05) is 9.13 Å². The van der Waals surface area contributed by atoms with E-state index in [0.29, 0.717) is 16.1 Å². The summed E-state index contributed by atoms with van der Waals surface area (Å²) >= 11 is 7.99. The van der Waals surface area contributed by atoms with E-state index in [0.717, 1.165) is 3.57 Å². The van der Waals surface area contributed by atoms with E-state index in [2.05, 4.69) is 5.32 Å². The van der Waals surface area contributed by atoms with Crippen LogP contribution in [0.5, 0.6) is 0 Å². The SMILES string of the molecule is CC(NC(=O)c1ccc(Cl)c(I)c1)c1cccc(S(N)(=O)=O)c1. The maximum atomic E-state index is 12.3. The lowest BCUT2D eigenvalue weighted by Gasteiger charge is -2.15. The summed E-state index contributed by atoms with van der Waals surface area (Å²) in [5, 5.41) is 8.52. The summed E-state index contributed by atoms with van der Waals surface area (Å²) in [6, 6.07) is 10.8. The second-order valence-corrected chi connectivity index (χ2v) is 8.07. The summed E-state index contributed by atoms with van der Waals surface area (Å²) in [4.78, 5) is 12.3. The van der Waals surface area contributed by atoms with Gasteiger partial charge in [-0.25, -0.2) is 13.6 Å². The summed E-state index contributed by atoms with van der Waals surface area (Å²) in [5.41, 5.74) is 1.13. The fraction of sp³-hybridized carbons (Fsp3) is 0.133. The van der Waals surface area contributed by atoms with Crippen molar-refractivity contribution in [2.45, 2.75) is 17.9 Å². The van der Waals surface area contributed by atoms with Crippen molar-refractivity contribution in [3.05, 3.63) is 62.2 Å². The Balaban J connectivity index is 2.20. The molecule has 0 fully saturated rings. The Morgan fingerprint density at radius 2 is 1.96 bits per heavy atom. The average Bonchev–Trinajstić information content (AvgIpc) is 2.49. The quantitative estimate of drug-likeness (QED) is 0.682. The molecule has 23 heavy (non-hydrogen) atoms. The van der Waals surface area contributed by atoms with Crippen molar-refractivity contribution in [3.8, 4) is 0 Å². The number of hydrogen-bond acceptors (Lipinski definition) is 3. The molecule has 1 unspecified atom stereocenters. The summed E-state index contributed by atoms with van der Waals surface area (Å²) in [5.74, 6) is -0.270. The van der Waals surface area contributed by atoms with Gasteiger partial charge in [-0.15, -0.1) is 0 Å². The van der Waals surface area contributed by atoms with Crippen LogP contribution in [0.4, 0.5) is 0 Å². The maximum absolute atomic E-state index is 12.3. The molecule has 0 aliphatic rings. The van der Waals surface area contributed by atoms with Gasteiger partial charge in [-0.05, 0) is 65.4 Å². The minimum atomic E-state index is -3.78. The second-order valence-electron chi connectivity index (χ2n) is 4.94. The van der Waals surface area contributed by atoms with Crippen LogP contribution in [0.25, 0.3) is 0 Å². The van der Waals surface area contributed by atoms with Gasteiger partial charge < -0.3 is 5.32 Å². The van der Waals surface area contributed by atoms with Crippen molar-refractivity contribution in [2.75, 3.05) is 0 Å². The molecule has 2 rings (SSSR count). The molecular weight excluding hydrogens is 451 g/mol. The first-order valence-electron chi connectivity index (χ1n) is 6.57. The van der Waals surface area contributed by atoms with Crippen molar-refractivity contribution in [1.29, 1.82) is 0 Å². The largest absolute Gasteiger partial charge is 0.346 e. The number of halogens is 2. The molecule has 0 saturated heterocycles. The number of amides is 1. The number of sulfonamides is 1. The zero-order valence-electron chi connectivity index (χ0n) is 12.1. The normalized spacial score (nSPS) is 12.7. The van der Waals surface area contributed by atoms with Crippen LogP contribution in [0, 0.1) is 3.57 Å². The van der Waals surface area contributed by atoms with E-state index in [1.54, 1.807) is 37.3 Å². The molecule has 1 amide bonds. The van der Waals surface area contributed by atoms with Crippen molar-refractivity contribution < 1.29 is 13.2 Å². The Kier molecular flexibility index (Phi) is 5.66. The van der Waals surface area contributed by atoms with Crippen molar-refractivity contribution >= 4 is 50.1 Å². The van der Waals surface area contributed by atoms with E-state index in [1.807, 2.05) is 22.6 Å². The predicted molar refractivity (Wildman–Crippen MR) is 97.9 cm³/mol. The number of benzene rings is 2. The lowest BCUT2D eigenvalue weighted by molar-refractivity contribution is 0.0940. The second kappa shape index (κ2) is 7.16. The average molecular weight is 465 g/mol. The molecule has 1 atom stereocenters. The van der Waals surface area contributed by atoms with Gasteiger partial charge in [0.1, 0.15) is 0 Å². The lowest BCUT2D eigenvalue weighted by atomic mass is 10.1. The van der Waals surface area contributed by atoms with E-state index in [9.17, 15) is 13.2 Å². The van der Waals surface area contributed by atoms with E-state index in [-0.39, 0.29) is 16.8 Å². The van der Waals surface area contributed by atoms with Crippen LogP contribution in [0.1, 0.15) is 28.9 Å².